The van der Waals surface area contributed by atoms with Gasteiger partial charge in [-0.05, 0) is 18.6 Å². The number of nitrogens with zero attached hydrogens (tertiary/aromatic N) is 5. The Bertz CT molecular complexity index is 730. The Labute approximate surface area is 151 Å². The van der Waals surface area contributed by atoms with Gasteiger partial charge in [0.2, 0.25) is 11.0 Å². The third-order valence-electron chi connectivity index (χ3n) is 4.93. The zero-order valence-electron chi connectivity index (χ0n) is 14.2. The number of benzene rings is 1. The maximum Gasteiger partial charge on any atom is 0.244 e. The summed E-state index contributed by atoms with van der Waals surface area (Å²) in [6, 6.07) is 7.68. The molecule has 3 heterocycles. The molecule has 0 N–H and O–H groups in total. The van der Waals surface area contributed by atoms with Crippen LogP contribution in [-0.4, -0.2) is 66.0 Å². The topological polar surface area (TPSA) is 61.8 Å². The minimum absolute atomic E-state index is 0.0403. The first-order chi connectivity index (χ1) is 12.3. The van der Waals surface area contributed by atoms with Crippen molar-refractivity contribution in [1.82, 2.24) is 14.3 Å². The molecular weight excluding hydrogens is 338 g/mol. The lowest BCUT2D eigenvalue weighted by Gasteiger charge is -2.37. The molecule has 2 aliphatic heterocycles. The van der Waals surface area contributed by atoms with Gasteiger partial charge >= 0.3 is 0 Å². The number of amides is 1. The lowest BCUT2D eigenvalue weighted by Crippen LogP contribution is -2.52. The van der Waals surface area contributed by atoms with E-state index in [9.17, 15) is 4.79 Å². The Balaban J connectivity index is 1.42. The van der Waals surface area contributed by atoms with Gasteiger partial charge in [0.15, 0.2) is 0 Å². The maximum absolute atomic E-state index is 13.0. The van der Waals surface area contributed by atoms with Gasteiger partial charge in [0.1, 0.15) is 12.1 Å². The van der Waals surface area contributed by atoms with Gasteiger partial charge in [-0.15, -0.1) is 0 Å². The van der Waals surface area contributed by atoms with Crippen molar-refractivity contribution in [3.05, 3.63) is 30.6 Å². The average Bonchev–Trinajstić information content (AvgIpc) is 3.32. The summed E-state index contributed by atoms with van der Waals surface area (Å²) >= 11 is 1.42. The first-order valence-corrected chi connectivity index (χ1v) is 9.25. The number of hydrogen-bond acceptors (Lipinski definition) is 7. The average molecular weight is 359 g/mol. The van der Waals surface area contributed by atoms with E-state index in [0.717, 1.165) is 55.7 Å². The number of methoxy groups -OCH3 is 1. The normalized spacial score (nSPS) is 21.8. The van der Waals surface area contributed by atoms with Crippen LogP contribution in [-0.2, 0) is 4.79 Å². The van der Waals surface area contributed by atoms with Gasteiger partial charge in [-0.1, -0.05) is 12.1 Å². The number of carbonyl (C=O) groups excluding carboxylic acids is 1. The molecule has 25 heavy (non-hydrogen) atoms. The highest BCUT2D eigenvalue weighted by Crippen LogP contribution is 2.32. The van der Waals surface area contributed by atoms with Crippen LogP contribution in [0.15, 0.2) is 30.6 Å². The van der Waals surface area contributed by atoms with Gasteiger partial charge in [0.05, 0.1) is 18.8 Å². The van der Waals surface area contributed by atoms with Crippen LogP contribution in [0.3, 0.4) is 0 Å². The highest BCUT2D eigenvalue weighted by Gasteiger charge is 2.38. The van der Waals surface area contributed by atoms with E-state index in [4.69, 9.17) is 4.74 Å². The Kier molecular flexibility index (Phi) is 4.54. The lowest BCUT2D eigenvalue weighted by atomic mass is 10.2. The van der Waals surface area contributed by atoms with E-state index >= 15 is 0 Å². The molecule has 2 saturated heterocycles. The molecule has 0 aliphatic carbocycles. The molecule has 1 aromatic carbocycles. The molecule has 0 radical (unpaired) electrons. The zero-order chi connectivity index (χ0) is 17.2. The highest BCUT2D eigenvalue weighted by molar-refractivity contribution is 7.09. The fourth-order valence-corrected chi connectivity index (χ4v) is 4.21. The predicted molar refractivity (Wildman–Crippen MR) is 97.4 cm³/mol. The number of anilines is 2. The summed E-state index contributed by atoms with van der Waals surface area (Å²) in [6.45, 7) is 4.24. The standard InChI is InChI=1S/C17H21N5O2S/c1-24-15-5-3-2-4-13(15)22-7-6-14(16(22)23)20-8-10-21(11-9-20)17-18-12-19-25-17/h2-5,12,14H,6-11H2,1H3. The molecule has 1 unspecified atom stereocenters. The zero-order valence-corrected chi connectivity index (χ0v) is 15.0. The van der Waals surface area contributed by atoms with Crippen molar-refractivity contribution < 1.29 is 9.53 Å². The first kappa shape index (κ1) is 16.3. The molecule has 1 aromatic heterocycles. The van der Waals surface area contributed by atoms with E-state index in [2.05, 4.69) is 19.2 Å². The minimum atomic E-state index is -0.0403. The first-order valence-electron chi connectivity index (χ1n) is 8.48. The van der Waals surface area contributed by atoms with Crippen molar-refractivity contribution >= 4 is 28.3 Å². The van der Waals surface area contributed by atoms with Crippen molar-refractivity contribution in [2.45, 2.75) is 12.5 Å². The second-order valence-corrected chi connectivity index (χ2v) is 6.97. The van der Waals surface area contributed by atoms with Crippen LogP contribution in [0.1, 0.15) is 6.42 Å². The molecule has 2 fully saturated rings. The summed E-state index contributed by atoms with van der Waals surface area (Å²) in [7, 11) is 1.64. The maximum atomic E-state index is 13.0. The smallest absolute Gasteiger partial charge is 0.244 e. The highest BCUT2D eigenvalue weighted by atomic mass is 32.1. The second kappa shape index (κ2) is 6.97. The number of carbonyl (C=O) groups is 1. The van der Waals surface area contributed by atoms with E-state index in [1.165, 1.54) is 11.5 Å². The molecule has 8 heteroatoms. The molecule has 2 aliphatic rings. The fourth-order valence-electron chi connectivity index (χ4n) is 3.63. The van der Waals surface area contributed by atoms with Crippen LogP contribution in [0.4, 0.5) is 10.8 Å². The Morgan fingerprint density at radius 1 is 1.16 bits per heavy atom. The van der Waals surface area contributed by atoms with Crippen molar-refractivity contribution in [2.24, 2.45) is 0 Å². The minimum Gasteiger partial charge on any atom is -0.495 e. The van der Waals surface area contributed by atoms with E-state index in [1.807, 2.05) is 29.2 Å². The van der Waals surface area contributed by atoms with Gasteiger partial charge in [-0.25, -0.2) is 4.98 Å². The second-order valence-electron chi connectivity index (χ2n) is 6.21. The molecule has 4 rings (SSSR count). The molecule has 0 spiro atoms. The van der Waals surface area contributed by atoms with Crippen LogP contribution >= 0.6 is 11.5 Å². The monoisotopic (exact) mass is 359 g/mol. The fraction of sp³-hybridized carbons (Fsp3) is 0.471. The molecule has 0 saturated carbocycles. The number of para-hydroxylation sites is 2. The van der Waals surface area contributed by atoms with Gasteiger partial charge in [-0.2, -0.15) is 4.37 Å². The van der Waals surface area contributed by atoms with Crippen LogP contribution in [0, 0.1) is 0 Å². The molecule has 0 bridgehead atoms. The van der Waals surface area contributed by atoms with Crippen LogP contribution < -0.4 is 14.5 Å². The summed E-state index contributed by atoms with van der Waals surface area (Å²) in [5.74, 6) is 0.923. The molecular formula is C17H21N5O2S. The summed E-state index contributed by atoms with van der Waals surface area (Å²) in [4.78, 5) is 23.7. The van der Waals surface area contributed by atoms with Crippen molar-refractivity contribution in [1.29, 1.82) is 0 Å². The number of ether oxygens (including phenoxy) is 1. The number of hydrogen-bond donors (Lipinski definition) is 0. The SMILES string of the molecule is COc1ccccc1N1CCC(N2CCN(c3ncns3)CC2)C1=O. The third kappa shape index (κ3) is 3.07. The largest absolute Gasteiger partial charge is 0.495 e. The Morgan fingerprint density at radius 3 is 2.68 bits per heavy atom. The summed E-state index contributed by atoms with van der Waals surface area (Å²) in [5, 5.41) is 0.966. The molecule has 132 valence electrons. The van der Waals surface area contributed by atoms with Gasteiger partial charge in [-0.3, -0.25) is 9.69 Å². The molecule has 1 amide bonds. The predicted octanol–water partition coefficient (Wildman–Crippen LogP) is 1.47. The summed E-state index contributed by atoms with van der Waals surface area (Å²) in [5.41, 5.74) is 0.866. The molecule has 2 aromatic rings. The quantitative estimate of drug-likeness (QED) is 0.824. The number of aromatic nitrogens is 2. The summed E-state index contributed by atoms with van der Waals surface area (Å²) in [6.07, 6.45) is 2.45. The van der Waals surface area contributed by atoms with E-state index in [1.54, 1.807) is 13.4 Å². The van der Waals surface area contributed by atoms with E-state index in [-0.39, 0.29) is 11.9 Å². The van der Waals surface area contributed by atoms with Crippen LogP contribution in [0.5, 0.6) is 5.75 Å². The lowest BCUT2D eigenvalue weighted by molar-refractivity contribution is -0.121. The van der Waals surface area contributed by atoms with Gasteiger partial charge in [0.25, 0.3) is 0 Å². The van der Waals surface area contributed by atoms with Crippen molar-refractivity contribution in [3.63, 3.8) is 0 Å². The van der Waals surface area contributed by atoms with Gasteiger partial charge in [0, 0.05) is 44.3 Å². The third-order valence-corrected chi connectivity index (χ3v) is 5.66. The Morgan fingerprint density at radius 2 is 1.96 bits per heavy atom. The van der Waals surface area contributed by atoms with E-state index in [0.29, 0.717) is 0 Å². The number of piperazine rings is 1. The number of rotatable bonds is 4. The Hall–Kier alpha value is -2.19. The van der Waals surface area contributed by atoms with Crippen molar-refractivity contribution in [2.75, 3.05) is 49.6 Å². The van der Waals surface area contributed by atoms with Crippen molar-refractivity contribution in [3.8, 4) is 5.75 Å². The van der Waals surface area contributed by atoms with E-state index < -0.39 is 0 Å². The molecule has 7 nitrogen and oxygen atoms in total. The summed E-state index contributed by atoms with van der Waals surface area (Å²) < 4.78 is 9.48. The van der Waals surface area contributed by atoms with Crippen LogP contribution in [0.25, 0.3) is 0 Å². The molecule has 1 atom stereocenters. The van der Waals surface area contributed by atoms with Crippen LogP contribution in [0.2, 0.25) is 0 Å². The van der Waals surface area contributed by atoms with Gasteiger partial charge < -0.3 is 14.5 Å².